The molecule has 2 heterocycles. The van der Waals surface area contributed by atoms with Gasteiger partial charge in [0.1, 0.15) is 11.9 Å². The molecule has 0 spiro atoms. The molecular weight excluding hydrogens is 318 g/mol. The molecule has 1 fully saturated rings. The number of carbonyl (C=O) groups excluding carboxylic acids is 1. The molecule has 1 saturated heterocycles. The van der Waals surface area contributed by atoms with Gasteiger partial charge in [-0.3, -0.25) is 4.79 Å². The molecule has 1 aliphatic rings. The molecule has 0 saturated carbocycles. The van der Waals surface area contributed by atoms with Gasteiger partial charge in [0.15, 0.2) is 0 Å². The van der Waals surface area contributed by atoms with Crippen LogP contribution in [0.2, 0.25) is 0 Å². The van der Waals surface area contributed by atoms with Crippen LogP contribution in [0.5, 0.6) is 0 Å². The number of carbonyl (C=O) groups is 1. The zero-order valence-corrected chi connectivity index (χ0v) is 14.5. The number of hydrogen-bond donors (Lipinski definition) is 3. The molecule has 3 rings (SSSR count). The number of ether oxygens (including phenoxy) is 1. The molecule has 1 amide bonds. The smallest absolute Gasteiger partial charge is 0.253 e. The highest BCUT2D eigenvalue weighted by Gasteiger charge is 2.23. The minimum Gasteiger partial charge on any atom is -0.368 e. The number of amides is 1. The number of aromatic nitrogens is 2. The average molecular weight is 341 g/mol. The number of hydrogen-bond acceptors (Lipinski definition) is 6. The van der Waals surface area contributed by atoms with E-state index >= 15 is 0 Å². The number of rotatable bonds is 6. The van der Waals surface area contributed by atoms with Gasteiger partial charge in [-0.15, -0.1) is 0 Å². The molecule has 1 aromatic heterocycles. The van der Waals surface area contributed by atoms with Crippen LogP contribution >= 0.6 is 0 Å². The lowest BCUT2D eigenvalue weighted by Gasteiger charge is -2.12. The van der Waals surface area contributed by atoms with E-state index in [-0.39, 0.29) is 12.0 Å². The van der Waals surface area contributed by atoms with Crippen LogP contribution in [0.3, 0.4) is 0 Å². The lowest BCUT2D eigenvalue weighted by molar-refractivity contribution is -0.124. The molecule has 25 heavy (non-hydrogen) atoms. The predicted molar refractivity (Wildman–Crippen MR) is 98.3 cm³/mol. The molecule has 1 unspecified atom stereocenters. The largest absolute Gasteiger partial charge is 0.368 e. The Bertz CT molecular complexity index is 727. The van der Waals surface area contributed by atoms with Crippen LogP contribution in [0.25, 0.3) is 0 Å². The summed E-state index contributed by atoms with van der Waals surface area (Å²) in [7, 11) is 0. The second kappa shape index (κ2) is 7.94. The second-order valence-corrected chi connectivity index (χ2v) is 5.94. The molecular formula is C18H23N5O2. The molecule has 0 bridgehead atoms. The number of aryl methyl sites for hydroxylation is 1. The highest BCUT2D eigenvalue weighted by molar-refractivity contribution is 5.94. The Kier molecular flexibility index (Phi) is 5.45. The summed E-state index contributed by atoms with van der Waals surface area (Å²) in [4.78, 5) is 20.8. The third-order valence-corrected chi connectivity index (χ3v) is 3.84. The molecule has 7 nitrogen and oxygen atoms in total. The van der Waals surface area contributed by atoms with Gasteiger partial charge < -0.3 is 20.7 Å². The summed E-state index contributed by atoms with van der Waals surface area (Å²) in [5.74, 6) is 1.24. The molecule has 2 aromatic rings. The number of nitrogens with zero attached hydrogens (tertiary/aromatic N) is 2. The summed E-state index contributed by atoms with van der Waals surface area (Å²) in [5.41, 5.74) is 2.52. The Morgan fingerprint density at radius 1 is 1.24 bits per heavy atom. The van der Waals surface area contributed by atoms with Gasteiger partial charge in [-0.1, -0.05) is 0 Å². The van der Waals surface area contributed by atoms with Crippen LogP contribution in [0.4, 0.5) is 23.1 Å². The summed E-state index contributed by atoms with van der Waals surface area (Å²) in [5, 5.41) is 9.24. The van der Waals surface area contributed by atoms with E-state index in [2.05, 4.69) is 25.9 Å². The van der Waals surface area contributed by atoms with Crippen molar-refractivity contribution in [3.63, 3.8) is 0 Å². The molecule has 1 aromatic carbocycles. The molecule has 0 aliphatic carbocycles. The Labute approximate surface area is 147 Å². The van der Waals surface area contributed by atoms with Gasteiger partial charge >= 0.3 is 0 Å². The third kappa shape index (κ3) is 4.67. The Morgan fingerprint density at radius 3 is 2.68 bits per heavy atom. The van der Waals surface area contributed by atoms with Crippen LogP contribution in [-0.4, -0.2) is 35.1 Å². The van der Waals surface area contributed by atoms with Gasteiger partial charge in [0, 0.05) is 36.3 Å². The van der Waals surface area contributed by atoms with Crippen LogP contribution < -0.4 is 16.0 Å². The molecule has 132 valence electrons. The van der Waals surface area contributed by atoms with E-state index < -0.39 is 0 Å². The van der Waals surface area contributed by atoms with Gasteiger partial charge in [0.25, 0.3) is 5.91 Å². The lowest BCUT2D eigenvalue weighted by Crippen LogP contribution is -2.26. The van der Waals surface area contributed by atoms with Crippen molar-refractivity contribution in [1.29, 1.82) is 0 Å². The first-order chi connectivity index (χ1) is 12.1. The second-order valence-electron chi connectivity index (χ2n) is 5.94. The van der Waals surface area contributed by atoms with E-state index in [0.29, 0.717) is 12.6 Å². The average Bonchev–Trinajstić information content (AvgIpc) is 3.11. The standard InChI is InChI=1S/C18H23N5O2/c1-3-19-18-20-12(2)11-16(23-18)21-13-6-8-14(9-7-13)22-17(24)15-5-4-10-25-15/h6-9,11,15H,3-5,10H2,1-2H3,(H,22,24)(H2,19,20,21,23). The van der Waals surface area contributed by atoms with Crippen LogP contribution in [-0.2, 0) is 9.53 Å². The van der Waals surface area contributed by atoms with Gasteiger partial charge in [-0.2, -0.15) is 4.98 Å². The first kappa shape index (κ1) is 17.2. The van der Waals surface area contributed by atoms with Crippen LogP contribution in [0, 0.1) is 6.92 Å². The van der Waals surface area contributed by atoms with Crippen molar-refractivity contribution in [2.24, 2.45) is 0 Å². The molecule has 0 radical (unpaired) electrons. The van der Waals surface area contributed by atoms with Gasteiger partial charge in [0.2, 0.25) is 5.95 Å². The zero-order chi connectivity index (χ0) is 17.6. The van der Waals surface area contributed by atoms with E-state index in [1.165, 1.54) is 0 Å². The van der Waals surface area contributed by atoms with E-state index in [4.69, 9.17) is 4.74 Å². The summed E-state index contributed by atoms with van der Waals surface area (Å²) in [6.45, 7) is 5.36. The van der Waals surface area contributed by atoms with Crippen molar-refractivity contribution < 1.29 is 9.53 Å². The van der Waals surface area contributed by atoms with Gasteiger partial charge in [-0.05, 0) is 51.0 Å². The van der Waals surface area contributed by atoms with Crippen molar-refractivity contribution in [1.82, 2.24) is 9.97 Å². The normalized spacial score (nSPS) is 16.5. The minimum atomic E-state index is -0.328. The SMILES string of the molecule is CCNc1nc(C)cc(Nc2ccc(NC(=O)C3CCCO3)cc2)n1. The topological polar surface area (TPSA) is 88.2 Å². The van der Waals surface area contributed by atoms with Gasteiger partial charge in [-0.25, -0.2) is 4.98 Å². The summed E-state index contributed by atoms with van der Waals surface area (Å²) in [6, 6.07) is 9.39. The number of nitrogens with one attached hydrogen (secondary N) is 3. The van der Waals surface area contributed by atoms with Gasteiger partial charge in [0.05, 0.1) is 0 Å². The fourth-order valence-corrected chi connectivity index (χ4v) is 2.66. The molecule has 1 atom stereocenters. The fourth-order valence-electron chi connectivity index (χ4n) is 2.66. The third-order valence-electron chi connectivity index (χ3n) is 3.84. The summed E-state index contributed by atoms with van der Waals surface area (Å²) in [6.07, 6.45) is 1.40. The van der Waals surface area contributed by atoms with E-state index in [9.17, 15) is 4.79 Å². The summed E-state index contributed by atoms with van der Waals surface area (Å²) < 4.78 is 5.39. The summed E-state index contributed by atoms with van der Waals surface area (Å²) >= 11 is 0. The maximum atomic E-state index is 12.1. The maximum absolute atomic E-state index is 12.1. The fraction of sp³-hybridized carbons (Fsp3) is 0.389. The predicted octanol–water partition coefficient (Wildman–Crippen LogP) is 3.08. The Hall–Kier alpha value is -2.67. The Balaban J connectivity index is 1.63. The van der Waals surface area contributed by atoms with Crippen molar-refractivity contribution in [3.05, 3.63) is 36.0 Å². The zero-order valence-electron chi connectivity index (χ0n) is 14.5. The lowest BCUT2D eigenvalue weighted by atomic mass is 10.2. The number of anilines is 4. The van der Waals surface area contributed by atoms with Crippen molar-refractivity contribution in [2.45, 2.75) is 32.8 Å². The van der Waals surface area contributed by atoms with Crippen molar-refractivity contribution >= 4 is 29.0 Å². The Morgan fingerprint density at radius 2 is 2.00 bits per heavy atom. The van der Waals surface area contributed by atoms with E-state index in [1.54, 1.807) is 0 Å². The van der Waals surface area contributed by atoms with Crippen LogP contribution in [0.15, 0.2) is 30.3 Å². The van der Waals surface area contributed by atoms with E-state index in [1.807, 2.05) is 44.2 Å². The first-order valence-electron chi connectivity index (χ1n) is 8.53. The quantitative estimate of drug-likeness (QED) is 0.748. The minimum absolute atomic E-state index is 0.0834. The highest BCUT2D eigenvalue weighted by Crippen LogP contribution is 2.20. The van der Waals surface area contributed by atoms with Crippen molar-refractivity contribution in [2.75, 3.05) is 29.1 Å². The van der Waals surface area contributed by atoms with Crippen molar-refractivity contribution in [3.8, 4) is 0 Å². The molecule has 3 N–H and O–H groups in total. The molecule has 7 heteroatoms. The molecule has 1 aliphatic heterocycles. The highest BCUT2D eigenvalue weighted by atomic mass is 16.5. The van der Waals surface area contributed by atoms with E-state index in [0.717, 1.165) is 42.3 Å². The maximum Gasteiger partial charge on any atom is 0.253 e. The number of benzene rings is 1. The first-order valence-corrected chi connectivity index (χ1v) is 8.53. The van der Waals surface area contributed by atoms with Crippen LogP contribution in [0.1, 0.15) is 25.5 Å². The monoisotopic (exact) mass is 341 g/mol.